The largest absolute Gasteiger partial charge is 0.394 e. The standard InChI is InChI=1S/C18H23ClFNO4/c1-11-2-3-12(20)15(16(11)19)17(24)21-6-4-18(5-7-21)13(23)10-14(18)25-9-8-22/h2-3,13-14,22-23H,4-10H2,1H3/t13-,14+/m1/s1. The number of aliphatic hydroxyl groups excluding tert-OH is 2. The Kier molecular flexibility index (Phi) is 5.34. The van der Waals surface area contributed by atoms with Crippen LogP contribution in [0.15, 0.2) is 12.1 Å². The molecule has 1 aromatic rings. The number of carbonyl (C=O) groups excluding carboxylic acids is 1. The number of likely N-dealkylation sites (tertiary alicyclic amines) is 1. The van der Waals surface area contributed by atoms with Crippen molar-refractivity contribution in [1.82, 2.24) is 4.90 Å². The number of halogens is 2. The summed E-state index contributed by atoms with van der Waals surface area (Å²) in [6, 6.07) is 2.81. The third-order valence-electron chi connectivity index (χ3n) is 5.63. The van der Waals surface area contributed by atoms with Gasteiger partial charge in [0, 0.05) is 24.9 Å². The van der Waals surface area contributed by atoms with Crippen LogP contribution < -0.4 is 0 Å². The minimum absolute atomic E-state index is 0.0571. The van der Waals surface area contributed by atoms with Crippen molar-refractivity contribution in [2.75, 3.05) is 26.3 Å². The molecule has 0 bridgehead atoms. The molecule has 1 aromatic carbocycles. The van der Waals surface area contributed by atoms with E-state index in [1.165, 1.54) is 6.07 Å². The van der Waals surface area contributed by atoms with Crippen molar-refractivity contribution in [3.05, 3.63) is 34.1 Å². The summed E-state index contributed by atoms with van der Waals surface area (Å²) in [5.74, 6) is -1.03. The molecule has 138 valence electrons. The van der Waals surface area contributed by atoms with E-state index in [1.54, 1.807) is 17.9 Å². The number of amides is 1. The smallest absolute Gasteiger partial charge is 0.258 e. The van der Waals surface area contributed by atoms with Crippen LogP contribution >= 0.6 is 11.6 Å². The normalized spacial score (nSPS) is 25.1. The summed E-state index contributed by atoms with van der Waals surface area (Å²) in [4.78, 5) is 14.3. The van der Waals surface area contributed by atoms with Crippen molar-refractivity contribution < 1.29 is 24.1 Å². The fourth-order valence-corrected chi connectivity index (χ4v) is 4.18. The Bertz CT molecular complexity index is 661. The minimum Gasteiger partial charge on any atom is -0.394 e. The second-order valence-electron chi connectivity index (χ2n) is 6.91. The monoisotopic (exact) mass is 371 g/mol. The average molecular weight is 372 g/mol. The molecular weight excluding hydrogens is 349 g/mol. The van der Waals surface area contributed by atoms with Crippen LogP contribution in [0, 0.1) is 18.2 Å². The molecule has 1 saturated heterocycles. The van der Waals surface area contributed by atoms with Crippen LogP contribution in [0.4, 0.5) is 4.39 Å². The first-order chi connectivity index (χ1) is 11.9. The predicted molar refractivity (Wildman–Crippen MR) is 91.2 cm³/mol. The number of hydrogen-bond donors (Lipinski definition) is 2. The number of hydrogen-bond acceptors (Lipinski definition) is 4. The van der Waals surface area contributed by atoms with Crippen LogP contribution in [0.1, 0.15) is 35.2 Å². The van der Waals surface area contributed by atoms with E-state index in [9.17, 15) is 14.3 Å². The lowest BCUT2D eigenvalue weighted by Gasteiger charge is -2.56. The lowest BCUT2D eigenvalue weighted by Crippen LogP contribution is -2.62. The van der Waals surface area contributed by atoms with Gasteiger partial charge in [-0.1, -0.05) is 17.7 Å². The second kappa shape index (κ2) is 7.19. The van der Waals surface area contributed by atoms with Crippen molar-refractivity contribution >= 4 is 17.5 Å². The molecule has 1 aliphatic carbocycles. The van der Waals surface area contributed by atoms with Gasteiger partial charge >= 0.3 is 0 Å². The highest BCUT2D eigenvalue weighted by atomic mass is 35.5. The molecule has 25 heavy (non-hydrogen) atoms. The molecule has 1 aliphatic heterocycles. The first-order valence-corrected chi connectivity index (χ1v) is 8.93. The van der Waals surface area contributed by atoms with Crippen LogP contribution in [0.25, 0.3) is 0 Å². The summed E-state index contributed by atoms with van der Waals surface area (Å²) < 4.78 is 19.7. The topological polar surface area (TPSA) is 70.0 Å². The van der Waals surface area contributed by atoms with Crippen LogP contribution in [0.2, 0.25) is 5.02 Å². The van der Waals surface area contributed by atoms with Crippen molar-refractivity contribution in [3.8, 4) is 0 Å². The van der Waals surface area contributed by atoms with Gasteiger partial charge in [0.05, 0.1) is 36.0 Å². The van der Waals surface area contributed by atoms with Crippen molar-refractivity contribution in [2.24, 2.45) is 5.41 Å². The molecule has 0 aromatic heterocycles. The molecule has 1 amide bonds. The molecule has 0 unspecified atom stereocenters. The van der Waals surface area contributed by atoms with E-state index in [-0.39, 0.29) is 35.3 Å². The molecule has 2 atom stereocenters. The predicted octanol–water partition coefficient (Wildman–Crippen LogP) is 2.15. The molecule has 2 N–H and O–H groups in total. The Hall–Kier alpha value is -1.21. The van der Waals surface area contributed by atoms with Gasteiger partial charge < -0.3 is 19.8 Å². The Labute approximate surface area is 151 Å². The number of carbonyl (C=O) groups is 1. The van der Waals surface area contributed by atoms with Gasteiger partial charge in [0.2, 0.25) is 0 Å². The van der Waals surface area contributed by atoms with E-state index in [1.807, 2.05) is 0 Å². The zero-order valence-corrected chi connectivity index (χ0v) is 14.9. The Morgan fingerprint density at radius 2 is 2.12 bits per heavy atom. The van der Waals surface area contributed by atoms with Gasteiger partial charge in [-0.05, 0) is 31.4 Å². The summed E-state index contributed by atoms with van der Waals surface area (Å²) in [7, 11) is 0. The minimum atomic E-state index is -0.617. The maximum atomic E-state index is 14.1. The Morgan fingerprint density at radius 1 is 1.44 bits per heavy atom. The number of aryl methyl sites for hydroxylation is 1. The number of ether oxygens (including phenoxy) is 1. The van der Waals surface area contributed by atoms with Crippen LogP contribution in [-0.4, -0.2) is 59.5 Å². The van der Waals surface area contributed by atoms with Gasteiger partial charge in [-0.2, -0.15) is 0 Å². The fourth-order valence-electron chi connectivity index (χ4n) is 3.95. The zero-order valence-electron chi connectivity index (χ0n) is 14.2. The Morgan fingerprint density at radius 3 is 2.72 bits per heavy atom. The molecule has 3 rings (SSSR count). The van der Waals surface area contributed by atoms with Crippen LogP contribution in [-0.2, 0) is 4.74 Å². The van der Waals surface area contributed by atoms with Crippen molar-refractivity contribution in [1.29, 1.82) is 0 Å². The molecule has 1 saturated carbocycles. The molecular formula is C18H23ClFNO4. The molecule has 7 heteroatoms. The highest BCUT2D eigenvalue weighted by molar-refractivity contribution is 6.34. The third-order valence-corrected chi connectivity index (χ3v) is 6.12. The quantitative estimate of drug-likeness (QED) is 0.850. The summed E-state index contributed by atoms with van der Waals surface area (Å²) in [5, 5.41) is 19.3. The van der Waals surface area contributed by atoms with Crippen molar-refractivity contribution in [2.45, 2.75) is 38.4 Å². The molecule has 2 aliphatic rings. The van der Waals surface area contributed by atoms with Crippen LogP contribution in [0.5, 0.6) is 0 Å². The molecule has 1 heterocycles. The molecule has 0 radical (unpaired) electrons. The molecule has 5 nitrogen and oxygen atoms in total. The highest BCUT2D eigenvalue weighted by Gasteiger charge is 2.56. The molecule has 1 spiro atoms. The molecule has 2 fully saturated rings. The zero-order chi connectivity index (χ0) is 18.2. The van der Waals surface area contributed by atoms with Gasteiger partial charge in [-0.25, -0.2) is 4.39 Å². The van der Waals surface area contributed by atoms with E-state index in [0.717, 1.165) is 0 Å². The summed E-state index contributed by atoms with van der Waals surface area (Å²) >= 11 is 6.14. The van der Waals surface area contributed by atoms with Gasteiger partial charge in [0.15, 0.2) is 0 Å². The fraction of sp³-hybridized carbons (Fsp3) is 0.611. The first kappa shape index (κ1) is 18.6. The second-order valence-corrected chi connectivity index (χ2v) is 7.29. The third kappa shape index (κ3) is 3.16. The van der Waals surface area contributed by atoms with E-state index in [2.05, 4.69) is 0 Å². The average Bonchev–Trinajstić information content (AvgIpc) is 2.62. The van der Waals surface area contributed by atoms with E-state index < -0.39 is 17.8 Å². The van der Waals surface area contributed by atoms with E-state index in [0.29, 0.717) is 37.9 Å². The maximum Gasteiger partial charge on any atom is 0.258 e. The van der Waals surface area contributed by atoms with E-state index >= 15 is 0 Å². The number of piperidine rings is 1. The lowest BCUT2D eigenvalue weighted by atomic mass is 9.58. The van der Waals surface area contributed by atoms with E-state index in [4.69, 9.17) is 21.4 Å². The maximum absolute atomic E-state index is 14.1. The number of aliphatic hydroxyl groups is 2. The Balaban J connectivity index is 1.70. The number of rotatable bonds is 4. The van der Waals surface area contributed by atoms with Gasteiger partial charge in [0.1, 0.15) is 5.82 Å². The number of nitrogens with zero attached hydrogens (tertiary/aromatic N) is 1. The number of benzene rings is 1. The summed E-state index contributed by atoms with van der Waals surface area (Å²) in [6.07, 6.45) is 1.15. The highest BCUT2D eigenvalue weighted by Crippen LogP contribution is 2.51. The lowest BCUT2D eigenvalue weighted by molar-refractivity contribution is -0.211. The van der Waals surface area contributed by atoms with Gasteiger partial charge in [0.25, 0.3) is 5.91 Å². The van der Waals surface area contributed by atoms with Crippen LogP contribution in [0.3, 0.4) is 0 Å². The summed E-state index contributed by atoms with van der Waals surface area (Å²) in [5.41, 5.74) is 0.201. The first-order valence-electron chi connectivity index (χ1n) is 8.55. The SMILES string of the molecule is Cc1ccc(F)c(C(=O)N2CCC3(CC2)[C@H](O)C[C@@H]3OCCO)c1Cl. The van der Waals surface area contributed by atoms with Crippen molar-refractivity contribution in [3.63, 3.8) is 0 Å². The summed E-state index contributed by atoms with van der Waals surface area (Å²) in [6.45, 7) is 2.75. The van der Waals surface area contributed by atoms with Gasteiger partial charge in [-0.15, -0.1) is 0 Å². The van der Waals surface area contributed by atoms with Gasteiger partial charge in [-0.3, -0.25) is 4.79 Å².